The van der Waals surface area contributed by atoms with Crippen LogP contribution < -0.4 is 11.1 Å². The number of likely N-dealkylation sites (tertiary alicyclic amines) is 1. The molecule has 1 saturated heterocycles. The molecular formula is C13H27N3O. The quantitative estimate of drug-likeness (QED) is 0.749. The van der Waals surface area contributed by atoms with Gasteiger partial charge in [-0.2, -0.15) is 0 Å². The van der Waals surface area contributed by atoms with Crippen LogP contribution in [0.15, 0.2) is 0 Å². The lowest BCUT2D eigenvalue weighted by Gasteiger charge is -2.38. The van der Waals surface area contributed by atoms with Gasteiger partial charge in [0.15, 0.2) is 0 Å². The molecule has 0 aromatic rings. The van der Waals surface area contributed by atoms with E-state index >= 15 is 0 Å². The normalized spacial score (nSPS) is 26.2. The highest BCUT2D eigenvalue weighted by Crippen LogP contribution is 2.19. The lowest BCUT2D eigenvalue weighted by atomic mass is 9.92. The third-order valence-electron chi connectivity index (χ3n) is 3.51. The van der Waals surface area contributed by atoms with Crippen molar-refractivity contribution in [1.29, 1.82) is 0 Å². The number of hydrogen-bond acceptors (Lipinski definition) is 3. The Balaban J connectivity index is 2.50. The van der Waals surface area contributed by atoms with Crippen LogP contribution in [0.4, 0.5) is 0 Å². The van der Waals surface area contributed by atoms with Crippen molar-refractivity contribution in [2.24, 2.45) is 17.6 Å². The molecule has 17 heavy (non-hydrogen) atoms. The number of carbonyl (C=O) groups excluding carboxylic acids is 1. The van der Waals surface area contributed by atoms with Gasteiger partial charge in [-0.05, 0) is 12.3 Å². The average Bonchev–Trinajstić information content (AvgIpc) is 2.28. The lowest BCUT2D eigenvalue weighted by molar-refractivity contribution is -0.125. The summed E-state index contributed by atoms with van der Waals surface area (Å²) in [5, 5.41) is 3.15. The summed E-state index contributed by atoms with van der Waals surface area (Å²) in [5.74, 6) is 0.923. The molecule has 4 nitrogen and oxygen atoms in total. The summed E-state index contributed by atoms with van der Waals surface area (Å²) < 4.78 is 0. The van der Waals surface area contributed by atoms with Crippen molar-refractivity contribution in [1.82, 2.24) is 10.2 Å². The molecule has 0 aromatic carbocycles. The number of amides is 1. The summed E-state index contributed by atoms with van der Waals surface area (Å²) in [5.41, 5.74) is 5.61. The molecule has 4 heteroatoms. The van der Waals surface area contributed by atoms with Crippen molar-refractivity contribution in [2.45, 2.75) is 39.7 Å². The van der Waals surface area contributed by atoms with Crippen LogP contribution in [0.3, 0.4) is 0 Å². The largest absolute Gasteiger partial charge is 0.352 e. The van der Waals surface area contributed by atoms with Gasteiger partial charge in [-0.3, -0.25) is 9.69 Å². The summed E-state index contributed by atoms with van der Waals surface area (Å²) in [7, 11) is 0. The van der Waals surface area contributed by atoms with Gasteiger partial charge in [-0.25, -0.2) is 0 Å². The van der Waals surface area contributed by atoms with Crippen LogP contribution in [0.1, 0.15) is 33.6 Å². The van der Waals surface area contributed by atoms with Crippen molar-refractivity contribution in [3.8, 4) is 0 Å². The van der Waals surface area contributed by atoms with Crippen LogP contribution in [-0.4, -0.2) is 43.0 Å². The fourth-order valence-electron chi connectivity index (χ4n) is 2.44. The van der Waals surface area contributed by atoms with E-state index in [4.69, 9.17) is 5.73 Å². The minimum absolute atomic E-state index is 0.0694. The fourth-order valence-corrected chi connectivity index (χ4v) is 2.44. The van der Waals surface area contributed by atoms with Crippen molar-refractivity contribution >= 4 is 5.91 Å². The monoisotopic (exact) mass is 241 g/mol. The molecule has 0 spiro atoms. The van der Waals surface area contributed by atoms with Crippen LogP contribution >= 0.6 is 0 Å². The van der Waals surface area contributed by atoms with E-state index < -0.39 is 0 Å². The zero-order valence-electron chi connectivity index (χ0n) is 11.4. The first kappa shape index (κ1) is 14.5. The molecule has 0 saturated carbocycles. The standard InChI is InChI=1S/C13H27N3O/c1-4-11-7-12(15-13(17)10(2)3)9-16(8-11)6-5-14/h10-12H,4-9,14H2,1-3H3,(H,15,17). The maximum absolute atomic E-state index is 11.7. The highest BCUT2D eigenvalue weighted by molar-refractivity contribution is 5.78. The van der Waals surface area contributed by atoms with Gasteiger partial charge in [-0.15, -0.1) is 0 Å². The molecule has 100 valence electrons. The van der Waals surface area contributed by atoms with Gasteiger partial charge >= 0.3 is 0 Å². The summed E-state index contributed by atoms with van der Waals surface area (Å²) in [6, 6.07) is 0.301. The minimum atomic E-state index is 0.0694. The molecular weight excluding hydrogens is 214 g/mol. The Labute approximate surface area is 105 Å². The van der Waals surface area contributed by atoms with Crippen LogP contribution in [0.2, 0.25) is 0 Å². The highest BCUT2D eigenvalue weighted by atomic mass is 16.1. The van der Waals surface area contributed by atoms with Gasteiger partial charge in [0, 0.05) is 38.1 Å². The smallest absolute Gasteiger partial charge is 0.222 e. The van der Waals surface area contributed by atoms with E-state index in [-0.39, 0.29) is 11.8 Å². The summed E-state index contributed by atoms with van der Waals surface area (Å²) >= 11 is 0. The zero-order chi connectivity index (χ0) is 12.8. The van der Waals surface area contributed by atoms with Gasteiger partial charge in [0.25, 0.3) is 0 Å². The van der Waals surface area contributed by atoms with E-state index in [2.05, 4.69) is 17.1 Å². The van der Waals surface area contributed by atoms with Crippen LogP contribution in [0.25, 0.3) is 0 Å². The molecule has 2 unspecified atom stereocenters. The predicted molar refractivity (Wildman–Crippen MR) is 70.7 cm³/mol. The molecule has 1 amide bonds. The molecule has 1 heterocycles. The van der Waals surface area contributed by atoms with Gasteiger partial charge in [0.1, 0.15) is 0 Å². The molecule has 1 rings (SSSR count). The van der Waals surface area contributed by atoms with Gasteiger partial charge in [-0.1, -0.05) is 27.2 Å². The third-order valence-corrected chi connectivity index (χ3v) is 3.51. The van der Waals surface area contributed by atoms with E-state index in [1.54, 1.807) is 0 Å². The minimum Gasteiger partial charge on any atom is -0.352 e. The van der Waals surface area contributed by atoms with Crippen LogP contribution in [0.5, 0.6) is 0 Å². The Morgan fingerprint density at radius 3 is 2.71 bits per heavy atom. The van der Waals surface area contributed by atoms with E-state index in [0.29, 0.717) is 18.5 Å². The molecule has 1 aliphatic heterocycles. The lowest BCUT2D eigenvalue weighted by Crippen LogP contribution is -2.52. The summed E-state index contributed by atoms with van der Waals surface area (Å²) in [4.78, 5) is 14.1. The number of hydrogen-bond donors (Lipinski definition) is 2. The van der Waals surface area contributed by atoms with Crippen molar-refractivity contribution in [2.75, 3.05) is 26.2 Å². The average molecular weight is 241 g/mol. The molecule has 1 aliphatic rings. The Bertz CT molecular complexity index is 243. The molecule has 0 bridgehead atoms. The first-order valence-corrected chi connectivity index (χ1v) is 6.79. The second-order valence-corrected chi connectivity index (χ2v) is 5.42. The molecule has 0 aliphatic carbocycles. The van der Waals surface area contributed by atoms with E-state index in [1.165, 1.54) is 6.42 Å². The summed E-state index contributed by atoms with van der Waals surface area (Å²) in [6.45, 7) is 9.80. The molecule has 3 N–H and O–H groups in total. The highest BCUT2D eigenvalue weighted by Gasteiger charge is 2.27. The van der Waals surface area contributed by atoms with Gasteiger partial charge in [0.05, 0.1) is 0 Å². The van der Waals surface area contributed by atoms with Crippen LogP contribution in [0, 0.1) is 11.8 Å². The van der Waals surface area contributed by atoms with E-state index in [1.807, 2.05) is 13.8 Å². The van der Waals surface area contributed by atoms with Crippen molar-refractivity contribution in [3.63, 3.8) is 0 Å². The zero-order valence-corrected chi connectivity index (χ0v) is 11.4. The fraction of sp³-hybridized carbons (Fsp3) is 0.923. The third kappa shape index (κ3) is 4.64. The number of nitrogens with one attached hydrogen (secondary N) is 1. The van der Waals surface area contributed by atoms with Gasteiger partial charge < -0.3 is 11.1 Å². The SMILES string of the molecule is CCC1CC(NC(=O)C(C)C)CN(CCN)C1. The number of nitrogens with two attached hydrogens (primary N) is 1. The molecule has 0 aromatic heterocycles. The Morgan fingerprint density at radius 2 is 2.18 bits per heavy atom. The number of piperidine rings is 1. The molecule has 1 fully saturated rings. The van der Waals surface area contributed by atoms with Crippen molar-refractivity contribution < 1.29 is 4.79 Å². The topological polar surface area (TPSA) is 58.4 Å². The number of carbonyl (C=O) groups is 1. The predicted octanol–water partition coefficient (Wildman–Crippen LogP) is 0.818. The second-order valence-electron chi connectivity index (χ2n) is 5.42. The second kappa shape index (κ2) is 6.97. The van der Waals surface area contributed by atoms with E-state index in [9.17, 15) is 4.79 Å². The number of nitrogens with zero attached hydrogens (tertiary/aromatic N) is 1. The first-order valence-electron chi connectivity index (χ1n) is 6.79. The Kier molecular flexibility index (Phi) is 5.92. The molecule has 2 atom stereocenters. The van der Waals surface area contributed by atoms with Gasteiger partial charge in [0.2, 0.25) is 5.91 Å². The summed E-state index contributed by atoms with van der Waals surface area (Å²) in [6.07, 6.45) is 2.28. The Hall–Kier alpha value is -0.610. The van der Waals surface area contributed by atoms with Crippen molar-refractivity contribution in [3.05, 3.63) is 0 Å². The maximum atomic E-state index is 11.7. The Morgan fingerprint density at radius 1 is 1.47 bits per heavy atom. The maximum Gasteiger partial charge on any atom is 0.222 e. The van der Waals surface area contributed by atoms with Crippen LogP contribution in [-0.2, 0) is 4.79 Å². The van der Waals surface area contributed by atoms with E-state index in [0.717, 1.165) is 26.1 Å². The first-order chi connectivity index (χ1) is 8.06. The molecule has 0 radical (unpaired) electrons. The number of rotatable bonds is 5.